The molecule has 1 N–H and O–H groups in total. The van der Waals surface area contributed by atoms with Crippen LogP contribution in [0, 0.1) is 11.3 Å². The molecule has 110 valence electrons. The molecule has 0 aliphatic carbocycles. The molecule has 2 aliphatic heterocycles. The van der Waals surface area contributed by atoms with Crippen molar-refractivity contribution < 1.29 is 0 Å². The van der Waals surface area contributed by atoms with Crippen LogP contribution in [0.4, 0.5) is 0 Å². The first-order valence-electron chi connectivity index (χ1n) is 8.29. The highest BCUT2D eigenvalue weighted by Gasteiger charge is 2.44. The van der Waals surface area contributed by atoms with Crippen LogP contribution in [-0.2, 0) is 6.54 Å². The number of rotatable bonds is 4. The lowest BCUT2D eigenvalue weighted by Gasteiger charge is -2.42. The van der Waals surface area contributed by atoms with E-state index in [4.69, 9.17) is 0 Å². The zero-order valence-electron chi connectivity index (χ0n) is 12.8. The highest BCUT2D eigenvalue weighted by atomic mass is 15.2. The topological polar surface area (TPSA) is 15.3 Å². The lowest BCUT2D eigenvalue weighted by molar-refractivity contribution is 0.104. The van der Waals surface area contributed by atoms with Gasteiger partial charge in [-0.15, -0.1) is 0 Å². The van der Waals surface area contributed by atoms with Gasteiger partial charge in [0.25, 0.3) is 0 Å². The Labute approximate surface area is 123 Å². The normalized spacial score (nSPS) is 30.9. The number of nitrogens with one attached hydrogen (secondary N) is 1. The van der Waals surface area contributed by atoms with Crippen LogP contribution in [-0.4, -0.2) is 31.1 Å². The van der Waals surface area contributed by atoms with E-state index in [1.54, 1.807) is 0 Å². The van der Waals surface area contributed by atoms with Crippen molar-refractivity contribution in [2.75, 3.05) is 26.2 Å². The number of likely N-dealkylation sites (tertiary alicyclic amines) is 1. The summed E-state index contributed by atoms with van der Waals surface area (Å²) < 4.78 is 0. The first-order valence-corrected chi connectivity index (χ1v) is 8.29. The Balaban J connectivity index is 1.65. The van der Waals surface area contributed by atoms with Gasteiger partial charge in [0.1, 0.15) is 0 Å². The lowest BCUT2D eigenvalue weighted by Crippen LogP contribution is -2.46. The van der Waals surface area contributed by atoms with E-state index in [9.17, 15) is 0 Å². The highest BCUT2D eigenvalue weighted by molar-refractivity contribution is 5.15. The average molecular weight is 272 g/mol. The summed E-state index contributed by atoms with van der Waals surface area (Å²) in [7, 11) is 0. The van der Waals surface area contributed by atoms with Gasteiger partial charge in [0, 0.05) is 13.1 Å². The molecule has 2 unspecified atom stereocenters. The average Bonchev–Trinajstić information content (AvgIpc) is 2.87. The minimum Gasteiger partial charge on any atom is -0.316 e. The number of hydrogen-bond acceptors (Lipinski definition) is 2. The van der Waals surface area contributed by atoms with Gasteiger partial charge in [-0.05, 0) is 55.8 Å². The maximum Gasteiger partial charge on any atom is 0.0233 e. The van der Waals surface area contributed by atoms with Crippen molar-refractivity contribution in [2.45, 2.75) is 39.2 Å². The molecule has 0 aromatic heterocycles. The minimum atomic E-state index is 0.607. The molecule has 1 aromatic rings. The first-order chi connectivity index (χ1) is 9.82. The molecule has 2 fully saturated rings. The summed E-state index contributed by atoms with van der Waals surface area (Å²) in [4.78, 5) is 2.68. The summed E-state index contributed by atoms with van der Waals surface area (Å²) in [5.41, 5.74) is 2.07. The quantitative estimate of drug-likeness (QED) is 0.905. The van der Waals surface area contributed by atoms with E-state index in [1.165, 1.54) is 57.4 Å². The first kappa shape index (κ1) is 14.1. The third kappa shape index (κ3) is 2.91. The SMILES string of the molecule is CCCC1CNCCC12CCN(Cc1ccccc1)C2. The fourth-order valence-electron chi connectivity index (χ4n) is 4.29. The standard InChI is InChI=1S/C18H28N2/c1-2-6-17-13-19-11-9-18(17)10-12-20(15-18)14-16-7-4-3-5-8-16/h3-5,7-8,17,19H,2,6,9-15H2,1H3. The molecule has 2 aliphatic rings. The van der Waals surface area contributed by atoms with Gasteiger partial charge < -0.3 is 5.32 Å². The Morgan fingerprint density at radius 2 is 2.10 bits per heavy atom. The van der Waals surface area contributed by atoms with E-state index in [0.717, 1.165) is 12.5 Å². The van der Waals surface area contributed by atoms with Gasteiger partial charge in [-0.2, -0.15) is 0 Å². The lowest BCUT2D eigenvalue weighted by atomic mass is 9.68. The molecule has 2 heterocycles. The summed E-state index contributed by atoms with van der Waals surface area (Å²) in [6, 6.07) is 10.9. The molecule has 0 saturated carbocycles. The molecule has 2 heteroatoms. The van der Waals surface area contributed by atoms with Crippen molar-refractivity contribution in [3.05, 3.63) is 35.9 Å². The molecule has 0 amide bonds. The number of benzene rings is 1. The zero-order valence-corrected chi connectivity index (χ0v) is 12.8. The second-order valence-corrected chi connectivity index (χ2v) is 6.75. The minimum absolute atomic E-state index is 0.607. The van der Waals surface area contributed by atoms with Crippen molar-refractivity contribution in [1.82, 2.24) is 10.2 Å². The van der Waals surface area contributed by atoms with Gasteiger partial charge in [-0.25, -0.2) is 0 Å². The maximum atomic E-state index is 3.62. The van der Waals surface area contributed by atoms with Crippen LogP contribution in [0.25, 0.3) is 0 Å². The van der Waals surface area contributed by atoms with Gasteiger partial charge in [0.2, 0.25) is 0 Å². The number of piperidine rings is 1. The zero-order chi connectivity index (χ0) is 13.8. The summed E-state index contributed by atoms with van der Waals surface area (Å²) in [6.45, 7) is 8.53. The Hall–Kier alpha value is -0.860. The molecular formula is C18H28N2. The van der Waals surface area contributed by atoms with Gasteiger partial charge in [0.05, 0.1) is 0 Å². The summed E-state index contributed by atoms with van der Waals surface area (Å²) in [6.07, 6.45) is 5.51. The fraction of sp³-hybridized carbons (Fsp3) is 0.667. The Morgan fingerprint density at radius 1 is 1.25 bits per heavy atom. The van der Waals surface area contributed by atoms with Crippen LogP contribution < -0.4 is 5.32 Å². The molecule has 0 radical (unpaired) electrons. The Kier molecular flexibility index (Phi) is 4.42. The molecule has 20 heavy (non-hydrogen) atoms. The van der Waals surface area contributed by atoms with Crippen LogP contribution in [0.1, 0.15) is 38.2 Å². The van der Waals surface area contributed by atoms with E-state index < -0.39 is 0 Å². The third-order valence-corrected chi connectivity index (χ3v) is 5.41. The van der Waals surface area contributed by atoms with E-state index in [2.05, 4.69) is 47.5 Å². The van der Waals surface area contributed by atoms with Gasteiger partial charge in [-0.3, -0.25) is 4.90 Å². The molecule has 1 aromatic carbocycles. The van der Waals surface area contributed by atoms with E-state index >= 15 is 0 Å². The largest absolute Gasteiger partial charge is 0.316 e. The highest BCUT2D eigenvalue weighted by Crippen LogP contribution is 2.44. The second-order valence-electron chi connectivity index (χ2n) is 6.75. The molecule has 1 spiro atoms. The van der Waals surface area contributed by atoms with Crippen molar-refractivity contribution in [1.29, 1.82) is 0 Å². The molecule has 2 saturated heterocycles. The van der Waals surface area contributed by atoms with Crippen LogP contribution in [0.5, 0.6) is 0 Å². The van der Waals surface area contributed by atoms with Crippen molar-refractivity contribution in [3.8, 4) is 0 Å². The molecule has 2 atom stereocenters. The van der Waals surface area contributed by atoms with E-state index in [-0.39, 0.29) is 0 Å². The number of nitrogens with zero attached hydrogens (tertiary/aromatic N) is 1. The van der Waals surface area contributed by atoms with Gasteiger partial charge in [-0.1, -0.05) is 43.7 Å². The van der Waals surface area contributed by atoms with Crippen molar-refractivity contribution in [2.24, 2.45) is 11.3 Å². The van der Waals surface area contributed by atoms with Crippen molar-refractivity contribution in [3.63, 3.8) is 0 Å². The van der Waals surface area contributed by atoms with E-state index in [0.29, 0.717) is 5.41 Å². The van der Waals surface area contributed by atoms with Crippen LogP contribution in [0.15, 0.2) is 30.3 Å². The smallest absolute Gasteiger partial charge is 0.0233 e. The Bertz CT molecular complexity index is 415. The number of hydrogen-bond donors (Lipinski definition) is 1. The Morgan fingerprint density at radius 3 is 2.90 bits per heavy atom. The summed E-state index contributed by atoms with van der Waals surface area (Å²) in [5.74, 6) is 0.891. The predicted octanol–water partition coefficient (Wildman–Crippen LogP) is 3.29. The van der Waals surface area contributed by atoms with Crippen LogP contribution >= 0.6 is 0 Å². The second kappa shape index (κ2) is 6.28. The molecule has 2 nitrogen and oxygen atoms in total. The predicted molar refractivity (Wildman–Crippen MR) is 84.7 cm³/mol. The van der Waals surface area contributed by atoms with Crippen molar-refractivity contribution >= 4 is 0 Å². The summed E-state index contributed by atoms with van der Waals surface area (Å²) >= 11 is 0. The maximum absolute atomic E-state index is 3.62. The third-order valence-electron chi connectivity index (χ3n) is 5.41. The fourth-order valence-corrected chi connectivity index (χ4v) is 4.29. The van der Waals surface area contributed by atoms with E-state index in [1.807, 2.05) is 0 Å². The van der Waals surface area contributed by atoms with Gasteiger partial charge >= 0.3 is 0 Å². The molecule has 3 rings (SSSR count). The van der Waals surface area contributed by atoms with Crippen LogP contribution in [0.2, 0.25) is 0 Å². The van der Waals surface area contributed by atoms with Gasteiger partial charge in [0.15, 0.2) is 0 Å². The van der Waals surface area contributed by atoms with Crippen LogP contribution in [0.3, 0.4) is 0 Å². The summed E-state index contributed by atoms with van der Waals surface area (Å²) in [5, 5.41) is 3.62. The monoisotopic (exact) mass is 272 g/mol. The molecular weight excluding hydrogens is 244 g/mol. The molecule has 0 bridgehead atoms.